The Morgan fingerprint density at radius 2 is 1.52 bits per heavy atom. The summed E-state index contributed by atoms with van der Waals surface area (Å²) in [4.78, 5) is 12.0. The molecule has 0 spiro atoms. The van der Waals surface area contributed by atoms with Crippen LogP contribution in [-0.4, -0.2) is 23.4 Å². The monoisotopic (exact) mass is 439 g/mol. The summed E-state index contributed by atoms with van der Waals surface area (Å²) < 4.78 is 91.8. The van der Waals surface area contributed by atoms with Crippen molar-refractivity contribution in [3.63, 3.8) is 0 Å². The highest BCUT2D eigenvalue weighted by Gasteiger charge is 2.42. The number of rotatable bonds is 4. The minimum Gasteiger partial charge on any atom is -0.335 e. The van der Waals surface area contributed by atoms with Crippen LogP contribution in [0.4, 0.5) is 36.4 Å². The third-order valence-electron chi connectivity index (χ3n) is 3.47. The first kappa shape index (κ1) is 22.4. The molecule has 0 saturated heterocycles. The van der Waals surface area contributed by atoms with E-state index in [2.05, 4.69) is 12.2 Å². The van der Waals surface area contributed by atoms with Crippen LogP contribution in [-0.2, 0) is 6.18 Å². The summed E-state index contributed by atoms with van der Waals surface area (Å²) in [6, 6.07) is 9.17. The number of halogens is 7. The zero-order valence-electron chi connectivity index (χ0n) is 14.2. The molecule has 29 heavy (non-hydrogen) atoms. The third kappa shape index (κ3) is 6.04. The minimum atomic E-state index is -5.01. The number of amides is 1. The van der Waals surface area contributed by atoms with Crippen molar-refractivity contribution in [1.29, 1.82) is 0 Å². The van der Waals surface area contributed by atoms with E-state index in [1.807, 2.05) is 5.32 Å². The number of carbonyl (C=O) groups is 1. The number of benzene rings is 2. The number of alkyl halides is 6. The number of hydrogen-bond acceptors (Lipinski definition) is 2. The molecule has 2 aromatic rings. The maximum Gasteiger partial charge on any atom is 0.427 e. The van der Waals surface area contributed by atoms with Crippen molar-refractivity contribution in [2.75, 3.05) is 5.32 Å². The van der Waals surface area contributed by atoms with Crippen molar-refractivity contribution < 1.29 is 35.5 Å². The normalized spacial score (nSPS) is 12.8. The maximum atomic E-state index is 14.0. The molecule has 1 unspecified atom stereocenters. The van der Waals surface area contributed by atoms with Crippen LogP contribution < -0.4 is 16.0 Å². The van der Waals surface area contributed by atoms with Crippen molar-refractivity contribution >= 4 is 28.9 Å². The first-order valence-corrected chi connectivity index (χ1v) is 8.16. The summed E-state index contributed by atoms with van der Waals surface area (Å²) in [5.74, 6) is -2.81. The van der Waals surface area contributed by atoms with Crippen LogP contribution in [0.1, 0.15) is 15.9 Å². The lowest BCUT2D eigenvalue weighted by molar-refractivity contribution is -0.156. The van der Waals surface area contributed by atoms with Crippen molar-refractivity contribution in [2.45, 2.75) is 18.5 Å². The third-order valence-corrected chi connectivity index (χ3v) is 3.69. The highest BCUT2D eigenvalue weighted by atomic mass is 32.1. The van der Waals surface area contributed by atoms with Gasteiger partial charge < -0.3 is 16.0 Å². The standard InChI is InChI=1S/C17H12F7N3OS/c18-12-10(16(19,20)21)7-4-8-11(12)25-15(29)27-14(17(22,23)24)26-13(28)9-5-2-1-3-6-9/h1-8,14H,(H,26,28)(H2,25,27,29). The molecule has 2 aromatic carbocycles. The van der Waals surface area contributed by atoms with Crippen LogP contribution in [0, 0.1) is 5.82 Å². The summed E-state index contributed by atoms with van der Waals surface area (Å²) >= 11 is 4.63. The molecule has 2 rings (SSSR count). The van der Waals surface area contributed by atoms with E-state index in [9.17, 15) is 35.5 Å². The average Bonchev–Trinajstić information content (AvgIpc) is 2.61. The second-order valence-corrected chi connectivity index (χ2v) is 5.99. The Bertz CT molecular complexity index is 885. The summed E-state index contributed by atoms with van der Waals surface area (Å²) in [6.45, 7) is 0. The van der Waals surface area contributed by atoms with E-state index in [4.69, 9.17) is 0 Å². The Morgan fingerprint density at radius 3 is 2.07 bits per heavy atom. The topological polar surface area (TPSA) is 53.2 Å². The Kier molecular flexibility index (Phi) is 6.67. The molecule has 4 nitrogen and oxygen atoms in total. The predicted molar refractivity (Wildman–Crippen MR) is 94.5 cm³/mol. The molecular formula is C17H12F7N3OS. The van der Waals surface area contributed by atoms with Crippen LogP contribution in [0.15, 0.2) is 48.5 Å². The van der Waals surface area contributed by atoms with Gasteiger partial charge in [0.15, 0.2) is 17.1 Å². The van der Waals surface area contributed by atoms with Crippen molar-refractivity contribution in [2.24, 2.45) is 0 Å². The Balaban J connectivity index is 2.14. The van der Waals surface area contributed by atoms with Gasteiger partial charge in [-0.2, -0.15) is 26.3 Å². The molecule has 0 aromatic heterocycles. The van der Waals surface area contributed by atoms with Gasteiger partial charge in [-0.15, -0.1) is 0 Å². The SMILES string of the molecule is O=C(NC(NC(=S)Nc1cccc(C(F)(F)F)c1F)C(F)(F)F)c1ccccc1. The van der Waals surface area contributed by atoms with Crippen LogP contribution in [0.3, 0.4) is 0 Å². The molecule has 0 fully saturated rings. The van der Waals surface area contributed by atoms with Gasteiger partial charge in [-0.3, -0.25) is 4.79 Å². The first-order chi connectivity index (χ1) is 13.4. The minimum absolute atomic E-state index is 0.0636. The quantitative estimate of drug-likeness (QED) is 0.375. The zero-order valence-corrected chi connectivity index (χ0v) is 15.0. The molecule has 0 aliphatic carbocycles. The van der Waals surface area contributed by atoms with Gasteiger partial charge >= 0.3 is 12.4 Å². The number of anilines is 1. The second-order valence-electron chi connectivity index (χ2n) is 5.58. The van der Waals surface area contributed by atoms with Crippen LogP contribution >= 0.6 is 12.2 Å². The highest BCUT2D eigenvalue weighted by Crippen LogP contribution is 2.33. The predicted octanol–water partition coefficient (Wildman–Crippen LogP) is 4.45. The van der Waals surface area contributed by atoms with E-state index in [1.54, 1.807) is 16.7 Å². The molecule has 0 bridgehead atoms. The van der Waals surface area contributed by atoms with E-state index < -0.39 is 46.6 Å². The smallest absolute Gasteiger partial charge is 0.335 e. The van der Waals surface area contributed by atoms with Crippen LogP contribution in [0.25, 0.3) is 0 Å². The van der Waals surface area contributed by atoms with E-state index >= 15 is 0 Å². The number of nitrogens with one attached hydrogen (secondary N) is 3. The first-order valence-electron chi connectivity index (χ1n) is 7.75. The molecule has 3 N–H and O–H groups in total. The van der Waals surface area contributed by atoms with Crippen molar-refractivity contribution in [3.05, 3.63) is 65.5 Å². The summed E-state index contributed by atoms with van der Waals surface area (Å²) in [5.41, 5.74) is -2.46. The lowest BCUT2D eigenvalue weighted by Crippen LogP contribution is -2.57. The summed E-state index contributed by atoms with van der Waals surface area (Å²) in [6.07, 6.45) is -12.7. The summed E-state index contributed by atoms with van der Waals surface area (Å²) in [5, 5.41) is 4.45. The van der Waals surface area contributed by atoms with Gasteiger partial charge in [0.1, 0.15) is 0 Å². The Labute approximate surface area is 165 Å². The Morgan fingerprint density at radius 1 is 0.897 bits per heavy atom. The van der Waals surface area contributed by atoms with Gasteiger partial charge in [-0.05, 0) is 36.5 Å². The van der Waals surface area contributed by atoms with E-state index in [0.717, 1.165) is 12.1 Å². The second kappa shape index (κ2) is 8.64. The maximum absolute atomic E-state index is 14.0. The lowest BCUT2D eigenvalue weighted by Gasteiger charge is -2.24. The van der Waals surface area contributed by atoms with Gasteiger partial charge in [-0.1, -0.05) is 24.3 Å². The molecule has 12 heteroatoms. The number of thiocarbonyl (C=S) groups is 1. The van der Waals surface area contributed by atoms with E-state index in [1.165, 1.54) is 24.3 Å². The summed E-state index contributed by atoms with van der Waals surface area (Å²) in [7, 11) is 0. The van der Waals surface area contributed by atoms with Crippen molar-refractivity contribution in [1.82, 2.24) is 10.6 Å². The van der Waals surface area contributed by atoms with Crippen LogP contribution in [0.5, 0.6) is 0 Å². The fourth-order valence-corrected chi connectivity index (χ4v) is 2.37. The van der Waals surface area contributed by atoms with Gasteiger partial charge in [0.2, 0.25) is 0 Å². The fourth-order valence-electron chi connectivity index (χ4n) is 2.14. The molecule has 0 heterocycles. The van der Waals surface area contributed by atoms with Gasteiger partial charge in [0.25, 0.3) is 5.91 Å². The Hall–Kier alpha value is -2.89. The zero-order chi connectivity index (χ0) is 21.8. The molecule has 0 saturated carbocycles. The van der Waals surface area contributed by atoms with E-state index in [-0.39, 0.29) is 5.56 Å². The largest absolute Gasteiger partial charge is 0.427 e. The lowest BCUT2D eigenvalue weighted by atomic mass is 10.2. The average molecular weight is 439 g/mol. The fraction of sp³-hybridized carbons (Fsp3) is 0.176. The number of carbonyl (C=O) groups excluding carboxylic acids is 1. The van der Waals surface area contributed by atoms with Gasteiger partial charge in [0, 0.05) is 5.56 Å². The highest BCUT2D eigenvalue weighted by molar-refractivity contribution is 7.80. The molecule has 1 atom stereocenters. The number of hydrogen-bond donors (Lipinski definition) is 3. The van der Waals surface area contributed by atoms with Gasteiger partial charge in [-0.25, -0.2) is 4.39 Å². The molecule has 0 aliphatic rings. The van der Waals surface area contributed by atoms with Crippen molar-refractivity contribution in [3.8, 4) is 0 Å². The van der Waals surface area contributed by atoms with Gasteiger partial charge in [0.05, 0.1) is 11.3 Å². The molecule has 156 valence electrons. The molecule has 1 amide bonds. The molecule has 0 radical (unpaired) electrons. The van der Waals surface area contributed by atoms with E-state index in [0.29, 0.717) is 6.07 Å². The molecular weight excluding hydrogens is 427 g/mol. The molecule has 0 aliphatic heterocycles. The van der Waals surface area contributed by atoms with Crippen LogP contribution in [0.2, 0.25) is 0 Å².